The molecule has 0 radical (unpaired) electrons. The zero-order chi connectivity index (χ0) is 20.7. The Morgan fingerprint density at radius 3 is 2.10 bits per heavy atom. The van der Waals surface area contributed by atoms with E-state index in [1.54, 1.807) is 43.5 Å². The van der Waals surface area contributed by atoms with Crippen LogP contribution >= 0.6 is 0 Å². The second kappa shape index (κ2) is 9.25. The number of hydrogen-bond acceptors (Lipinski definition) is 4. The molecule has 3 aromatic rings. The molecule has 0 heterocycles. The summed E-state index contributed by atoms with van der Waals surface area (Å²) < 4.78 is 32.6. The van der Waals surface area contributed by atoms with Crippen LogP contribution in [0.4, 0.5) is 11.4 Å². The molecule has 0 spiro atoms. The minimum atomic E-state index is -3.73. The molecule has 0 aromatic heterocycles. The van der Waals surface area contributed by atoms with Gasteiger partial charge in [0.1, 0.15) is 5.75 Å². The van der Waals surface area contributed by atoms with Gasteiger partial charge in [-0.05, 0) is 60.5 Å². The van der Waals surface area contributed by atoms with E-state index in [1.807, 2.05) is 30.3 Å². The molecular weight excluding hydrogens is 388 g/mol. The SMILES string of the molecule is COc1ccc(NS(=O)(=O)c2ccc(NC(=O)CCc3ccccc3)cc2)cc1. The van der Waals surface area contributed by atoms with Gasteiger partial charge in [-0.3, -0.25) is 9.52 Å². The Labute approximate surface area is 170 Å². The van der Waals surface area contributed by atoms with Crippen LogP contribution in [0, 0.1) is 0 Å². The van der Waals surface area contributed by atoms with Gasteiger partial charge in [0, 0.05) is 17.8 Å². The number of sulfonamides is 1. The van der Waals surface area contributed by atoms with Crippen molar-refractivity contribution in [1.82, 2.24) is 0 Å². The third-order valence-corrected chi connectivity index (χ3v) is 5.67. The molecule has 0 fully saturated rings. The maximum Gasteiger partial charge on any atom is 0.261 e. The Bertz CT molecular complexity index is 1050. The summed E-state index contributed by atoms with van der Waals surface area (Å²) in [5.74, 6) is 0.515. The Kier molecular flexibility index (Phi) is 6.51. The monoisotopic (exact) mass is 410 g/mol. The number of hydrogen-bond donors (Lipinski definition) is 2. The first-order valence-electron chi connectivity index (χ1n) is 9.07. The van der Waals surface area contributed by atoms with Crippen molar-refractivity contribution in [2.75, 3.05) is 17.1 Å². The number of nitrogens with one attached hydrogen (secondary N) is 2. The molecule has 0 bridgehead atoms. The minimum absolute atomic E-state index is 0.107. The number of rotatable bonds is 8. The molecule has 0 unspecified atom stereocenters. The third-order valence-electron chi connectivity index (χ3n) is 4.27. The first kappa shape index (κ1) is 20.4. The van der Waals surface area contributed by atoms with Crippen molar-refractivity contribution in [3.63, 3.8) is 0 Å². The highest BCUT2D eigenvalue weighted by molar-refractivity contribution is 7.92. The van der Waals surface area contributed by atoms with Gasteiger partial charge in [-0.25, -0.2) is 8.42 Å². The minimum Gasteiger partial charge on any atom is -0.497 e. The van der Waals surface area contributed by atoms with Crippen molar-refractivity contribution < 1.29 is 17.9 Å². The summed E-state index contributed by atoms with van der Waals surface area (Å²) in [7, 11) is -2.19. The van der Waals surface area contributed by atoms with Crippen molar-refractivity contribution >= 4 is 27.3 Å². The lowest BCUT2D eigenvalue weighted by Gasteiger charge is -2.10. The topological polar surface area (TPSA) is 84.5 Å². The van der Waals surface area contributed by atoms with Gasteiger partial charge in [0.05, 0.1) is 12.0 Å². The smallest absolute Gasteiger partial charge is 0.261 e. The maximum absolute atomic E-state index is 12.5. The second-order valence-corrected chi connectivity index (χ2v) is 8.07. The van der Waals surface area contributed by atoms with Gasteiger partial charge in [0.25, 0.3) is 10.0 Å². The fraction of sp³-hybridized carbons (Fsp3) is 0.136. The largest absolute Gasteiger partial charge is 0.497 e. The molecule has 6 nitrogen and oxygen atoms in total. The molecule has 0 aliphatic carbocycles. The standard InChI is InChI=1S/C22H22N2O4S/c1-28-20-12-8-19(9-13-20)24-29(26,27)21-14-10-18(11-15-21)23-22(25)16-7-17-5-3-2-4-6-17/h2-6,8-15,24H,7,16H2,1H3,(H,23,25). The number of benzene rings is 3. The lowest BCUT2D eigenvalue weighted by molar-refractivity contribution is -0.116. The average Bonchev–Trinajstić information content (AvgIpc) is 2.74. The van der Waals surface area contributed by atoms with Gasteiger partial charge in [-0.15, -0.1) is 0 Å². The number of amides is 1. The molecule has 0 saturated heterocycles. The van der Waals surface area contributed by atoms with Crippen LogP contribution in [0.1, 0.15) is 12.0 Å². The van der Waals surface area contributed by atoms with Crippen molar-refractivity contribution in [1.29, 1.82) is 0 Å². The Morgan fingerprint density at radius 1 is 0.862 bits per heavy atom. The van der Waals surface area contributed by atoms with Crippen molar-refractivity contribution in [2.24, 2.45) is 0 Å². The van der Waals surface area contributed by atoms with Gasteiger partial charge in [-0.1, -0.05) is 30.3 Å². The predicted octanol–water partition coefficient (Wildman–Crippen LogP) is 4.07. The van der Waals surface area contributed by atoms with Gasteiger partial charge >= 0.3 is 0 Å². The first-order valence-corrected chi connectivity index (χ1v) is 10.6. The molecule has 0 aliphatic rings. The van der Waals surface area contributed by atoms with E-state index in [1.165, 1.54) is 12.1 Å². The van der Waals surface area contributed by atoms with Crippen molar-refractivity contribution in [2.45, 2.75) is 17.7 Å². The molecule has 1 amide bonds. The van der Waals surface area contributed by atoms with E-state index in [0.29, 0.717) is 30.0 Å². The molecule has 3 aromatic carbocycles. The molecule has 7 heteroatoms. The molecule has 150 valence electrons. The fourth-order valence-electron chi connectivity index (χ4n) is 2.72. The van der Waals surface area contributed by atoms with Crippen molar-refractivity contribution in [3.8, 4) is 5.75 Å². The van der Waals surface area contributed by atoms with E-state index < -0.39 is 10.0 Å². The number of ether oxygens (including phenoxy) is 1. The summed E-state index contributed by atoms with van der Waals surface area (Å²) in [5, 5.41) is 2.79. The summed E-state index contributed by atoms with van der Waals surface area (Å²) >= 11 is 0. The van der Waals surface area contributed by atoms with Gasteiger partial charge in [0.15, 0.2) is 0 Å². The Balaban J connectivity index is 1.58. The number of methoxy groups -OCH3 is 1. The van der Waals surface area contributed by atoms with Crippen molar-refractivity contribution in [3.05, 3.63) is 84.4 Å². The highest BCUT2D eigenvalue weighted by atomic mass is 32.2. The summed E-state index contributed by atoms with van der Waals surface area (Å²) in [6.45, 7) is 0. The van der Waals surface area contributed by atoms with E-state index in [4.69, 9.17) is 4.74 Å². The average molecular weight is 410 g/mol. The molecular formula is C22H22N2O4S. The lowest BCUT2D eigenvalue weighted by atomic mass is 10.1. The molecule has 0 atom stereocenters. The highest BCUT2D eigenvalue weighted by Gasteiger charge is 2.14. The van der Waals surface area contributed by atoms with Crippen LogP contribution in [0.15, 0.2) is 83.8 Å². The number of anilines is 2. The van der Waals surface area contributed by atoms with Crippen LogP contribution in [0.25, 0.3) is 0 Å². The summed E-state index contributed by atoms with van der Waals surface area (Å²) in [5.41, 5.74) is 2.07. The number of aryl methyl sites for hydroxylation is 1. The maximum atomic E-state index is 12.5. The van der Waals surface area contributed by atoms with E-state index in [9.17, 15) is 13.2 Å². The quantitative estimate of drug-likeness (QED) is 0.586. The third kappa shape index (κ3) is 5.83. The lowest BCUT2D eigenvalue weighted by Crippen LogP contribution is -2.14. The van der Waals surface area contributed by atoms with Gasteiger partial charge in [-0.2, -0.15) is 0 Å². The molecule has 2 N–H and O–H groups in total. The summed E-state index contributed by atoms with van der Waals surface area (Å²) in [4.78, 5) is 12.2. The van der Waals surface area contributed by atoms with E-state index in [2.05, 4.69) is 10.0 Å². The Hall–Kier alpha value is -3.32. The van der Waals surface area contributed by atoms with Crippen LogP contribution < -0.4 is 14.8 Å². The highest BCUT2D eigenvalue weighted by Crippen LogP contribution is 2.20. The summed E-state index contributed by atoms with van der Waals surface area (Å²) in [6, 6.07) is 22.4. The van der Waals surface area contributed by atoms with Crippen LogP contribution in [-0.4, -0.2) is 21.4 Å². The van der Waals surface area contributed by atoms with Crippen LogP contribution in [0.2, 0.25) is 0 Å². The fourth-order valence-corrected chi connectivity index (χ4v) is 3.78. The normalized spacial score (nSPS) is 10.9. The van der Waals surface area contributed by atoms with Crippen LogP contribution in [0.5, 0.6) is 5.75 Å². The number of carbonyl (C=O) groups excluding carboxylic acids is 1. The molecule has 0 aliphatic heterocycles. The van der Waals surface area contributed by atoms with E-state index in [-0.39, 0.29) is 10.8 Å². The van der Waals surface area contributed by atoms with Crippen LogP contribution in [-0.2, 0) is 21.2 Å². The molecule has 29 heavy (non-hydrogen) atoms. The van der Waals surface area contributed by atoms with E-state index in [0.717, 1.165) is 5.56 Å². The summed E-state index contributed by atoms with van der Waals surface area (Å²) in [6.07, 6.45) is 0.994. The second-order valence-electron chi connectivity index (χ2n) is 6.39. The number of carbonyl (C=O) groups is 1. The zero-order valence-corrected chi connectivity index (χ0v) is 16.8. The van der Waals surface area contributed by atoms with Gasteiger partial charge < -0.3 is 10.1 Å². The molecule has 0 saturated carbocycles. The molecule has 3 rings (SSSR count). The van der Waals surface area contributed by atoms with E-state index >= 15 is 0 Å². The zero-order valence-electron chi connectivity index (χ0n) is 16.0. The first-order chi connectivity index (χ1) is 14.0. The predicted molar refractivity (Wildman–Crippen MR) is 114 cm³/mol. The Morgan fingerprint density at radius 2 is 1.48 bits per heavy atom. The van der Waals surface area contributed by atoms with Gasteiger partial charge in [0.2, 0.25) is 5.91 Å². The van der Waals surface area contributed by atoms with Crippen LogP contribution in [0.3, 0.4) is 0 Å².